The van der Waals surface area contributed by atoms with E-state index < -0.39 is 5.91 Å². The maximum Gasteiger partial charge on any atom is 0.271 e. The van der Waals surface area contributed by atoms with E-state index in [1.807, 2.05) is 24.3 Å². The first-order valence-electron chi connectivity index (χ1n) is 9.46. The topological polar surface area (TPSA) is 86.9 Å². The van der Waals surface area contributed by atoms with E-state index in [0.29, 0.717) is 12.0 Å². The molecule has 0 saturated carbocycles. The van der Waals surface area contributed by atoms with Gasteiger partial charge in [-0.3, -0.25) is 25.4 Å². The first-order valence-corrected chi connectivity index (χ1v) is 9.46. The third kappa shape index (κ3) is 4.20. The van der Waals surface area contributed by atoms with Crippen molar-refractivity contribution >= 4 is 22.7 Å². The molecule has 0 aliphatic carbocycles. The Kier molecular flexibility index (Phi) is 5.52. The molecule has 2 amide bonds. The molecule has 4 rings (SSSR count). The predicted octanol–water partition coefficient (Wildman–Crippen LogP) is 3.76. The van der Waals surface area contributed by atoms with Crippen molar-refractivity contribution in [2.24, 2.45) is 0 Å². The van der Waals surface area contributed by atoms with E-state index in [9.17, 15) is 14.0 Å². The Morgan fingerprint density at radius 1 is 0.967 bits per heavy atom. The summed E-state index contributed by atoms with van der Waals surface area (Å²) < 4.78 is 13.3. The number of fused-ring (bicyclic) bond motifs is 1. The van der Waals surface area contributed by atoms with Gasteiger partial charge in [0, 0.05) is 35.4 Å². The lowest BCUT2D eigenvalue weighted by molar-refractivity contribution is -0.121. The summed E-state index contributed by atoms with van der Waals surface area (Å²) in [6, 6.07) is 17.3. The van der Waals surface area contributed by atoms with Gasteiger partial charge >= 0.3 is 0 Å². The maximum absolute atomic E-state index is 13.3. The van der Waals surface area contributed by atoms with Crippen molar-refractivity contribution in [1.82, 2.24) is 20.8 Å². The van der Waals surface area contributed by atoms with E-state index in [2.05, 4.69) is 20.8 Å². The van der Waals surface area contributed by atoms with Crippen LogP contribution in [0.3, 0.4) is 0 Å². The van der Waals surface area contributed by atoms with Crippen molar-refractivity contribution in [3.8, 4) is 11.3 Å². The van der Waals surface area contributed by atoms with Gasteiger partial charge in [0.05, 0.1) is 5.56 Å². The minimum atomic E-state index is -0.435. The van der Waals surface area contributed by atoms with Crippen LogP contribution < -0.4 is 10.9 Å². The Balaban J connectivity index is 1.48. The van der Waals surface area contributed by atoms with Gasteiger partial charge in [-0.1, -0.05) is 18.2 Å². The van der Waals surface area contributed by atoms with Crippen molar-refractivity contribution in [1.29, 1.82) is 0 Å². The summed E-state index contributed by atoms with van der Waals surface area (Å²) in [5.41, 5.74) is 8.77. The number of hydrazine groups is 1. The number of aromatic nitrogens is 2. The largest absolute Gasteiger partial charge is 0.354 e. The number of aryl methyl sites for hydroxylation is 1. The number of halogens is 1. The zero-order valence-corrected chi connectivity index (χ0v) is 16.0. The molecule has 0 spiro atoms. The third-order valence-electron chi connectivity index (χ3n) is 4.79. The Labute approximate surface area is 172 Å². The molecule has 7 heteroatoms. The number of amides is 2. The number of carbonyl (C=O) groups excluding carboxylic acids is 2. The van der Waals surface area contributed by atoms with E-state index in [1.54, 1.807) is 30.5 Å². The van der Waals surface area contributed by atoms with Gasteiger partial charge in [0.15, 0.2) is 0 Å². The summed E-state index contributed by atoms with van der Waals surface area (Å²) in [6.45, 7) is 0. The number of nitrogens with one attached hydrogen (secondary N) is 3. The second-order valence-electron chi connectivity index (χ2n) is 6.78. The molecule has 0 saturated heterocycles. The van der Waals surface area contributed by atoms with Gasteiger partial charge in [0.1, 0.15) is 5.82 Å². The molecule has 150 valence electrons. The average Bonchev–Trinajstić information content (AvgIpc) is 3.15. The predicted molar refractivity (Wildman–Crippen MR) is 112 cm³/mol. The van der Waals surface area contributed by atoms with Gasteiger partial charge in [-0.05, 0) is 60.0 Å². The monoisotopic (exact) mass is 402 g/mol. The van der Waals surface area contributed by atoms with Gasteiger partial charge in [0.25, 0.3) is 5.91 Å². The molecular formula is C23H19FN4O2. The standard InChI is InChI=1S/C23H19FN4O2/c24-17-9-7-15(8-10-17)22-19(18-5-1-2-6-20(18)26-22)11-12-21(29)27-28-23(30)16-4-3-13-25-14-16/h1-10,13-14,26H,11-12H2,(H,27,29)(H,28,30). The van der Waals surface area contributed by atoms with E-state index in [1.165, 1.54) is 18.3 Å². The quantitative estimate of drug-likeness (QED) is 0.444. The third-order valence-corrected chi connectivity index (χ3v) is 4.79. The summed E-state index contributed by atoms with van der Waals surface area (Å²) in [5, 5.41) is 1.00. The highest BCUT2D eigenvalue weighted by molar-refractivity contribution is 5.95. The van der Waals surface area contributed by atoms with E-state index in [0.717, 1.165) is 27.7 Å². The molecule has 0 aliphatic rings. The summed E-state index contributed by atoms with van der Waals surface area (Å²) in [4.78, 5) is 31.6. The van der Waals surface area contributed by atoms with Gasteiger partial charge in [0.2, 0.25) is 5.91 Å². The molecule has 2 aromatic carbocycles. The molecule has 0 unspecified atom stereocenters. The van der Waals surface area contributed by atoms with Gasteiger partial charge < -0.3 is 4.98 Å². The molecule has 0 bridgehead atoms. The molecule has 0 fully saturated rings. The van der Waals surface area contributed by atoms with E-state index in [-0.39, 0.29) is 18.1 Å². The van der Waals surface area contributed by atoms with Crippen molar-refractivity contribution < 1.29 is 14.0 Å². The Hall–Kier alpha value is -4.00. The molecule has 3 N–H and O–H groups in total. The number of hydrogen-bond donors (Lipinski definition) is 3. The summed E-state index contributed by atoms with van der Waals surface area (Å²) in [7, 11) is 0. The van der Waals surface area contributed by atoms with Crippen LogP contribution in [0.2, 0.25) is 0 Å². The van der Waals surface area contributed by atoms with Crippen molar-refractivity contribution in [2.45, 2.75) is 12.8 Å². The molecular weight excluding hydrogens is 383 g/mol. The highest BCUT2D eigenvalue weighted by atomic mass is 19.1. The fourth-order valence-electron chi connectivity index (χ4n) is 3.32. The Bertz CT molecular complexity index is 1190. The van der Waals surface area contributed by atoms with Crippen LogP contribution in [0.1, 0.15) is 22.3 Å². The summed E-state index contributed by atoms with van der Waals surface area (Å²) in [6.07, 6.45) is 3.60. The van der Waals surface area contributed by atoms with Crippen LogP contribution in [0.5, 0.6) is 0 Å². The van der Waals surface area contributed by atoms with Gasteiger partial charge in [-0.25, -0.2) is 4.39 Å². The summed E-state index contributed by atoms with van der Waals surface area (Å²) >= 11 is 0. The number of H-pyrrole nitrogens is 1. The normalized spacial score (nSPS) is 10.7. The molecule has 0 aliphatic heterocycles. The second kappa shape index (κ2) is 8.57. The molecule has 2 aromatic heterocycles. The van der Waals surface area contributed by atoms with Crippen molar-refractivity contribution in [3.05, 3.63) is 90.0 Å². The first kappa shape index (κ1) is 19.3. The van der Waals surface area contributed by atoms with Crippen LogP contribution in [-0.4, -0.2) is 21.8 Å². The minimum absolute atomic E-state index is 0.170. The van der Waals surface area contributed by atoms with Crippen LogP contribution in [0.15, 0.2) is 73.1 Å². The number of hydrogen-bond acceptors (Lipinski definition) is 3. The Morgan fingerprint density at radius 2 is 1.77 bits per heavy atom. The maximum atomic E-state index is 13.3. The average molecular weight is 402 g/mol. The highest BCUT2D eigenvalue weighted by Gasteiger charge is 2.15. The zero-order valence-electron chi connectivity index (χ0n) is 16.0. The van der Waals surface area contributed by atoms with Crippen molar-refractivity contribution in [3.63, 3.8) is 0 Å². The number of carbonyl (C=O) groups is 2. The van der Waals surface area contributed by atoms with Crippen LogP contribution >= 0.6 is 0 Å². The lowest BCUT2D eigenvalue weighted by Gasteiger charge is -2.08. The number of para-hydroxylation sites is 1. The highest BCUT2D eigenvalue weighted by Crippen LogP contribution is 2.31. The van der Waals surface area contributed by atoms with Crippen molar-refractivity contribution in [2.75, 3.05) is 0 Å². The SMILES string of the molecule is O=C(CCc1c(-c2ccc(F)cc2)[nH]c2ccccc12)NNC(=O)c1cccnc1. The molecule has 0 atom stereocenters. The number of pyridine rings is 1. The fraction of sp³-hybridized carbons (Fsp3) is 0.0870. The van der Waals surface area contributed by atoms with Gasteiger partial charge in [-0.2, -0.15) is 0 Å². The van der Waals surface area contributed by atoms with Crippen LogP contribution in [-0.2, 0) is 11.2 Å². The molecule has 6 nitrogen and oxygen atoms in total. The van der Waals surface area contributed by atoms with Crippen LogP contribution in [0.25, 0.3) is 22.2 Å². The van der Waals surface area contributed by atoms with Gasteiger partial charge in [-0.15, -0.1) is 0 Å². The van der Waals surface area contributed by atoms with Crippen LogP contribution in [0.4, 0.5) is 4.39 Å². The number of rotatable bonds is 5. The molecule has 30 heavy (non-hydrogen) atoms. The lowest BCUT2D eigenvalue weighted by atomic mass is 10.0. The number of nitrogens with zero attached hydrogens (tertiary/aromatic N) is 1. The first-order chi connectivity index (χ1) is 14.6. The molecule has 0 radical (unpaired) electrons. The zero-order chi connectivity index (χ0) is 20.9. The number of aromatic amines is 1. The number of benzene rings is 2. The minimum Gasteiger partial charge on any atom is -0.354 e. The Morgan fingerprint density at radius 3 is 2.53 bits per heavy atom. The summed E-state index contributed by atoms with van der Waals surface area (Å²) in [5.74, 6) is -1.06. The van der Waals surface area contributed by atoms with E-state index in [4.69, 9.17) is 0 Å². The fourth-order valence-corrected chi connectivity index (χ4v) is 3.32. The lowest BCUT2D eigenvalue weighted by Crippen LogP contribution is -2.41. The van der Waals surface area contributed by atoms with E-state index >= 15 is 0 Å². The smallest absolute Gasteiger partial charge is 0.271 e. The molecule has 2 heterocycles. The van der Waals surface area contributed by atoms with Crippen LogP contribution in [0, 0.1) is 5.82 Å². The second-order valence-corrected chi connectivity index (χ2v) is 6.78. The molecule has 4 aromatic rings.